The van der Waals surface area contributed by atoms with E-state index in [0.29, 0.717) is 35.9 Å². The van der Waals surface area contributed by atoms with Crippen molar-refractivity contribution in [3.8, 4) is 11.5 Å². The Morgan fingerprint density at radius 2 is 1.64 bits per heavy atom. The van der Waals surface area contributed by atoms with E-state index in [1.165, 1.54) is 0 Å². The van der Waals surface area contributed by atoms with Crippen molar-refractivity contribution in [2.75, 3.05) is 6.79 Å². The van der Waals surface area contributed by atoms with Gasteiger partial charge in [-0.05, 0) is 42.3 Å². The van der Waals surface area contributed by atoms with Gasteiger partial charge in [0.05, 0.1) is 6.54 Å². The van der Waals surface area contributed by atoms with Gasteiger partial charge in [0.1, 0.15) is 0 Å². The number of benzene rings is 3. The van der Waals surface area contributed by atoms with E-state index >= 15 is 0 Å². The van der Waals surface area contributed by atoms with Gasteiger partial charge in [-0.1, -0.05) is 59.3 Å². The second-order valence-electron chi connectivity index (χ2n) is 8.56. The fraction of sp³-hybridized carbons (Fsp3) is 0.179. The molecule has 0 spiro atoms. The minimum Gasteiger partial charge on any atom is -0.454 e. The molecule has 0 atom stereocenters. The maximum Gasteiger partial charge on any atom is 0.273 e. The van der Waals surface area contributed by atoms with Gasteiger partial charge in [-0.2, -0.15) is 0 Å². The predicted octanol–water partition coefficient (Wildman–Crippen LogP) is 4.48. The molecule has 1 aliphatic rings. The van der Waals surface area contributed by atoms with Gasteiger partial charge >= 0.3 is 0 Å². The highest BCUT2D eigenvalue weighted by molar-refractivity contribution is 5.94. The van der Waals surface area contributed by atoms with Crippen molar-refractivity contribution >= 4 is 11.8 Å². The Morgan fingerprint density at radius 3 is 2.44 bits per heavy atom. The van der Waals surface area contributed by atoms with E-state index in [0.717, 1.165) is 16.7 Å². The number of fused-ring (bicyclic) bond motifs is 1. The molecule has 8 heteroatoms. The zero-order valence-corrected chi connectivity index (χ0v) is 19.8. The van der Waals surface area contributed by atoms with Crippen molar-refractivity contribution in [3.05, 3.63) is 113 Å². The SMILES string of the molecule is Cc1ccc(CN(Cc2cc(C(=O)NCc3ccc4c(c3)OCO4)no2)C(=O)c2ccccc2)cc1. The molecule has 1 aliphatic heterocycles. The van der Waals surface area contributed by atoms with Crippen molar-refractivity contribution < 1.29 is 23.6 Å². The van der Waals surface area contributed by atoms with E-state index in [1.807, 2.05) is 67.6 Å². The Balaban J connectivity index is 1.27. The molecule has 0 fully saturated rings. The molecule has 0 bridgehead atoms. The third-order valence-corrected chi connectivity index (χ3v) is 5.83. The summed E-state index contributed by atoms with van der Waals surface area (Å²) in [6.45, 7) is 3.07. The summed E-state index contributed by atoms with van der Waals surface area (Å²) >= 11 is 0. The van der Waals surface area contributed by atoms with Gasteiger partial charge in [0, 0.05) is 24.7 Å². The Morgan fingerprint density at radius 1 is 0.889 bits per heavy atom. The maximum absolute atomic E-state index is 13.3. The lowest BCUT2D eigenvalue weighted by atomic mass is 10.1. The van der Waals surface area contributed by atoms with Crippen LogP contribution in [0.5, 0.6) is 11.5 Å². The Hall–Kier alpha value is -4.59. The fourth-order valence-corrected chi connectivity index (χ4v) is 3.88. The molecule has 3 aromatic carbocycles. The number of ether oxygens (including phenoxy) is 2. The maximum atomic E-state index is 13.3. The number of amides is 2. The number of nitrogens with zero attached hydrogens (tertiary/aromatic N) is 2. The van der Waals surface area contributed by atoms with Crippen LogP contribution in [0.25, 0.3) is 0 Å². The largest absolute Gasteiger partial charge is 0.454 e. The van der Waals surface area contributed by atoms with E-state index in [-0.39, 0.29) is 30.8 Å². The smallest absolute Gasteiger partial charge is 0.273 e. The second kappa shape index (κ2) is 10.4. The van der Waals surface area contributed by atoms with Crippen LogP contribution in [0.15, 0.2) is 83.4 Å². The van der Waals surface area contributed by atoms with Crippen LogP contribution in [0.2, 0.25) is 0 Å². The quantitative estimate of drug-likeness (QED) is 0.397. The van der Waals surface area contributed by atoms with Gasteiger partial charge in [-0.3, -0.25) is 9.59 Å². The van der Waals surface area contributed by atoms with Crippen molar-refractivity contribution in [2.24, 2.45) is 0 Å². The molecule has 36 heavy (non-hydrogen) atoms. The number of aryl methyl sites for hydroxylation is 1. The molecule has 2 heterocycles. The Bertz CT molecular complexity index is 1370. The molecule has 182 valence electrons. The van der Waals surface area contributed by atoms with Crippen LogP contribution < -0.4 is 14.8 Å². The fourth-order valence-electron chi connectivity index (χ4n) is 3.88. The molecular weight excluding hydrogens is 458 g/mol. The lowest BCUT2D eigenvalue weighted by Crippen LogP contribution is -2.30. The lowest BCUT2D eigenvalue weighted by Gasteiger charge is -2.22. The highest BCUT2D eigenvalue weighted by Crippen LogP contribution is 2.32. The molecule has 5 rings (SSSR count). The summed E-state index contributed by atoms with van der Waals surface area (Å²) < 4.78 is 16.1. The first-order valence-corrected chi connectivity index (χ1v) is 11.6. The first kappa shape index (κ1) is 23.2. The number of rotatable bonds is 8. The first-order valence-electron chi connectivity index (χ1n) is 11.6. The summed E-state index contributed by atoms with van der Waals surface area (Å²) in [6, 6.07) is 24.2. The van der Waals surface area contributed by atoms with Crippen molar-refractivity contribution in [1.82, 2.24) is 15.4 Å². The summed E-state index contributed by atoms with van der Waals surface area (Å²) in [6.07, 6.45) is 0. The third kappa shape index (κ3) is 5.38. The number of aromatic nitrogens is 1. The molecule has 1 aromatic heterocycles. The van der Waals surface area contributed by atoms with E-state index in [4.69, 9.17) is 14.0 Å². The number of carbonyl (C=O) groups is 2. The van der Waals surface area contributed by atoms with Gasteiger partial charge in [-0.15, -0.1) is 0 Å². The van der Waals surface area contributed by atoms with Crippen LogP contribution in [-0.4, -0.2) is 28.7 Å². The van der Waals surface area contributed by atoms with Gasteiger partial charge in [0.15, 0.2) is 23.0 Å². The van der Waals surface area contributed by atoms with Crippen molar-refractivity contribution in [1.29, 1.82) is 0 Å². The Labute approximate surface area is 208 Å². The molecule has 2 amide bonds. The average molecular weight is 484 g/mol. The zero-order valence-electron chi connectivity index (χ0n) is 19.8. The number of hydrogen-bond donors (Lipinski definition) is 1. The lowest BCUT2D eigenvalue weighted by molar-refractivity contribution is 0.0713. The highest BCUT2D eigenvalue weighted by Gasteiger charge is 2.21. The Kier molecular flexibility index (Phi) is 6.66. The molecule has 4 aromatic rings. The van der Waals surface area contributed by atoms with Crippen molar-refractivity contribution in [2.45, 2.75) is 26.6 Å². The molecule has 0 aliphatic carbocycles. The van der Waals surface area contributed by atoms with E-state index in [2.05, 4.69) is 10.5 Å². The molecule has 0 saturated carbocycles. The number of hydrogen-bond acceptors (Lipinski definition) is 6. The summed E-state index contributed by atoms with van der Waals surface area (Å²) in [7, 11) is 0. The minimum absolute atomic E-state index is 0.138. The van der Waals surface area contributed by atoms with Gasteiger partial charge in [0.25, 0.3) is 11.8 Å². The van der Waals surface area contributed by atoms with Gasteiger partial charge < -0.3 is 24.2 Å². The second-order valence-corrected chi connectivity index (χ2v) is 8.56. The van der Waals surface area contributed by atoms with E-state index in [1.54, 1.807) is 23.1 Å². The average Bonchev–Trinajstić information content (AvgIpc) is 3.57. The summed E-state index contributed by atoms with van der Waals surface area (Å²) in [5, 5.41) is 6.75. The van der Waals surface area contributed by atoms with Crippen LogP contribution in [-0.2, 0) is 19.6 Å². The minimum atomic E-state index is -0.373. The summed E-state index contributed by atoms with van der Waals surface area (Å²) in [5.41, 5.74) is 3.73. The normalized spacial score (nSPS) is 11.8. The summed E-state index contributed by atoms with van der Waals surface area (Å²) in [5.74, 6) is 1.25. The van der Waals surface area contributed by atoms with Crippen LogP contribution in [0.1, 0.15) is 43.3 Å². The van der Waals surface area contributed by atoms with E-state index < -0.39 is 0 Å². The highest BCUT2D eigenvalue weighted by atomic mass is 16.7. The van der Waals surface area contributed by atoms with Crippen LogP contribution in [0.3, 0.4) is 0 Å². The summed E-state index contributed by atoms with van der Waals surface area (Å²) in [4.78, 5) is 27.6. The first-order chi connectivity index (χ1) is 17.5. The number of nitrogens with one attached hydrogen (secondary N) is 1. The third-order valence-electron chi connectivity index (χ3n) is 5.83. The van der Waals surface area contributed by atoms with Crippen LogP contribution in [0, 0.1) is 6.92 Å². The standard InChI is InChI=1S/C28H25N3O5/c1-19-7-9-20(10-8-19)16-31(28(33)22-5-3-2-4-6-22)17-23-14-24(30-36-23)27(32)29-15-21-11-12-25-26(13-21)35-18-34-25/h2-14H,15-18H2,1H3,(H,29,32). The van der Waals surface area contributed by atoms with Gasteiger partial charge in [-0.25, -0.2) is 0 Å². The monoisotopic (exact) mass is 483 g/mol. The molecule has 1 N–H and O–H groups in total. The van der Waals surface area contributed by atoms with Crippen molar-refractivity contribution in [3.63, 3.8) is 0 Å². The topological polar surface area (TPSA) is 93.9 Å². The van der Waals surface area contributed by atoms with E-state index in [9.17, 15) is 9.59 Å². The van der Waals surface area contributed by atoms with Gasteiger partial charge in [0.2, 0.25) is 6.79 Å². The number of carbonyl (C=O) groups excluding carboxylic acids is 2. The predicted molar refractivity (Wildman–Crippen MR) is 131 cm³/mol. The van der Waals surface area contributed by atoms with Crippen LogP contribution >= 0.6 is 0 Å². The molecule has 0 saturated heterocycles. The molecule has 8 nitrogen and oxygen atoms in total. The molecule has 0 radical (unpaired) electrons. The van der Waals surface area contributed by atoms with Crippen LogP contribution in [0.4, 0.5) is 0 Å². The zero-order chi connectivity index (χ0) is 24.9. The molecular formula is C28H25N3O5. The molecule has 0 unspecified atom stereocenters.